The highest BCUT2D eigenvalue weighted by atomic mass is 79.9. The molecule has 0 aromatic heterocycles. The Labute approximate surface area is 224 Å². The lowest BCUT2D eigenvalue weighted by molar-refractivity contribution is 0.0954. The molecular formula is C26H27BrN2O7S. The van der Waals surface area contributed by atoms with Crippen LogP contribution in [0.25, 0.3) is 0 Å². The Morgan fingerprint density at radius 3 is 2.35 bits per heavy atom. The van der Waals surface area contributed by atoms with Gasteiger partial charge in [-0.2, -0.15) is 13.5 Å². The van der Waals surface area contributed by atoms with Crippen molar-refractivity contribution in [1.29, 1.82) is 0 Å². The van der Waals surface area contributed by atoms with Crippen molar-refractivity contribution in [3.63, 3.8) is 0 Å². The second-order valence-corrected chi connectivity index (χ2v) is 10.2. The lowest BCUT2D eigenvalue weighted by atomic mass is 10.2. The van der Waals surface area contributed by atoms with Crippen molar-refractivity contribution in [2.24, 2.45) is 5.10 Å². The minimum atomic E-state index is -4.09. The van der Waals surface area contributed by atoms with E-state index in [1.807, 2.05) is 13.8 Å². The van der Waals surface area contributed by atoms with E-state index in [9.17, 15) is 13.2 Å². The molecular weight excluding hydrogens is 564 g/mol. The van der Waals surface area contributed by atoms with E-state index in [4.69, 9.17) is 18.4 Å². The smallest absolute Gasteiger partial charge is 0.339 e. The number of methoxy groups -OCH3 is 2. The summed E-state index contributed by atoms with van der Waals surface area (Å²) in [6.07, 6.45) is 2.23. The van der Waals surface area contributed by atoms with E-state index in [1.165, 1.54) is 38.6 Å². The van der Waals surface area contributed by atoms with Gasteiger partial charge in [0.25, 0.3) is 5.91 Å². The van der Waals surface area contributed by atoms with Crippen molar-refractivity contribution >= 4 is 38.2 Å². The number of halogens is 1. The predicted molar refractivity (Wildman–Crippen MR) is 144 cm³/mol. The molecule has 0 bridgehead atoms. The van der Waals surface area contributed by atoms with Crippen molar-refractivity contribution in [1.82, 2.24) is 5.43 Å². The number of nitrogens with one attached hydrogen (secondary N) is 1. The quantitative estimate of drug-likeness (QED) is 0.188. The number of ether oxygens (including phenoxy) is 3. The number of hydrogen-bond donors (Lipinski definition) is 1. The molecule has 37 heavy (non-hydrogen) atoms. The van der Waals surface area contributed by atoms with Gasteiger partial charge in [0.15, 0.2) is 23.0 Å². The monoisotopic (exact) mass is 590 g/mol. The topological polar surface area (TPSA) is 113 Å². The third-order valence-electron chi connectivity index (χ3n) is 5.02. The van der Waals surface area contributed by atoms with Crippen LogP contribution in [0.2, 0.25) is 0 Å². The summed E-state index contributed by atoms with van der Waals surface area (Å²) < 4.78 is 47.4. The number of carbonyl (C=O) groups excluding carboxylic acids is 1. The molecule has 3 rings (SSSR count). The van der Waals surface area contributed by atoms with Gasteiger partial charge in [-0.25, -0.2) is 5.43 Å². The molecule has 0 radical (unpaired) electrons. The summed E-state index contributed by atoms with van der Waals surface area (Å²) in [6.45, 7) is 4.39. The van der Waals surface area contributed by atoms with Crippen molar-refractivity contribution in [2.45, 2.75) is 25.2 Å². The van der Waals surface area contributed by atoms with Crippen LogP contribution in [0.5, 0.6) is 23.0 Å². The third kappa shape index (κ3) is 7.23. The lowest BCUT2D eigenvalue weighted by Crippen LogP contribution is -2.17. The average molecular weight is 591 g/mol. The fraction of sp³-hybridized carbons (Fsp3) is 0.231. The lowest BCUT2D eigenvalue weighted by Gasteiger charge is -2.13. The van der Waals surface area contributed by atoms with Crippen molar-refractivity contribution in [3.05, 3.63) is 75.8 Å². The molecule has 9 nitrogen and oxygen atoms in total. The second kappa shape index (κ2) is 12.6. The van der Waals surface area contributed by atoms with Gasteiger partial charge in [0.1, 0.15) is 4.90 Å². The van der Waals surface area contributed by atoms with Gasteiger partial charge in [-0.3, -0.25) is 4.79 Å². The van der Waals surface area contributed by atoms with Gasteiger partial charge in [-0.1, -0.05) is 24.6 Å². The summed E-state index contributed by atoms with van der Waals surface area (Å²) >= 11 is 3.33. The zero-order chi connectivity index (χ0) is 27.0. The Hall–Kier alpha value is -3.57. The largest absolute Gasteiger partial charge is 0.493 e. The van der Waals surface area contributed by atoms with Crippen LogP contribution >= 0.6 is 15.9 Å². The molecule has 0 aliphatic carbocycles. The normalized spacial score (nSPS) is 11.3. The van der Waals surface area contributed by atoms with E-state index in [0.29, 0.717) is 33.7 Å². The van der Waals surface area contributed by atoms with E-state index >= 15 is 0 Å². The molecule has 1 amide bonds. The minimum Gasteiger partial charge on any atom is -0.493 e. The number of carbonyl (C=O) groups is 1. The van der Waals surface area contributed by atoms with Gasteiger partial charge >= 0.3 is 10.1 Å². The maximum Gasteiger partial charge on any atom is 0.339 e. The first-order chi connectivity index (χ1) is 17.7. The van der Waals surface area contributed by atoms with E-state index < -0.39 is 16.0 Å². The van der Waals surface area contributed by atoms with Gasteiger partial charge in [0.2, 0.25) is 0 Å². The number of benzene rings is 3. The Morgan fingerprint density at radius 1 is 1.00 bits per heavy atom. The molecule has 0 fully saturated rings. The molecule has 0 unspecified atom stereocenters. The molecule has 0 atom stereocenters. The number of amides is 1. The first-order valence-corrected chi connectivity index (χ1v) is 13.4. The summed E-state index contributed by atoms with van der Waals surface area (Å²) in [5, 5.41) is 3.99. The second-order valence-electron chi connectivity index (χ2n) is 7.80. The summed E-state index contributed by atoms with van der Waals surface area (Å²) in [6, 6.07) is 14.3. The molecule has 3 aromatic rings. The maximum absolute atomic E-state index is 12.7. The Kier molecular flexibility index (Phi) is 9.54. The van der Waals surface area contributed by atoms with Crippen LogP contribution < -0.4 is 23.8 Å². The third-order valence-corrected chi connectivity index (χ3v) is 6.85. The van der Waals surface area contributed by atoms with E-state index in [2.05, 4.69) is 26.5 Å². The number of aryl methyl sites for hydroxylation is 1. The first-order valence-electron chi connectivity index (χ1n) is 11.2. The molecule has 3 aromatic carbocycles. The molecule has 0 saturated carbocycles. The SMILES string of the molecule is CCCOc1ccc(C(=O)N/N=C/c2cc(Br)c(OS(=O)(=O)c3ccc(C)cc3)c(OC)c2)cc1OC. The average Bonchev–Trinajstić information content (AvgIpc) is 2.88. The summed E-state index contributed by atoms with van der Waals surface area (Å²) in [7, 11) is -1.21. The van der Waals surface area contributed by atoms with Gasteiger partial charge in [0, 0.05) is 5.56 Å². The van der Waals surface area contributed by atoms with Crippen LogP contribution in [-0.4, -0.2) is 41.4 Å². The summed E-state index contributed by atoms with van der Waals surface area (Å²) in [4.78, 5) is 12.6. The van der Waals surface area contributed by atoms with Crippen molar-refractivity contribution < 1.29 is 31.6 Å². The predicted octanol–water partition coefficient (Wildman–Crippen LogP) is 5.10. The maximum atomic E-state index is 12.7. The van der Waals surface area contributed by atoms with Crippen LogP contribution in [-0.2, 0) is 10.1 Å². The van der Waals surface area contributed by atoms with Crippen LogP contribution in [0.15, 0.2) is 69.1 Å². The van der Waals surface area contributed by atoms with E-state index in [1.54, 1.807) is 36.4 Å². The van der Waals surface area contributed by atoms with Crippen molar-refractivity contribution in [3.8, 4) is 23.0 Å². The Balaban J connectivity index is 1.75. The molecule has 1 N–H and O–H groups in total. The highest BCUT2D eigenvalue weighted by Gasteiger charge is 2.22. The molecule has 0 heterocycles. The molecule has 0 spiro atoms. The highest BCUT2D eigenvalue weighted by molar-refractivity contribution is 9.10. The first kappa shape index (κ1) is 28.0. The van der Waals surface area contributed by atoms with Crippen LogP contribution in [0.3, 0.4) is 0 Å². The minimum absolute atomic E-state index is 0.0123. The van der Waals surface area contributed by atoms with Crippen molar-refractivity contribution in [2.75, 3.05) is 20.8 Å². The fourth-order valence-electron chi connectivity index (χ4n) is 3.13. The number of nitrogens with zero attached hydrogens (tertiary/aromatic N) is 1. The number of hydrazone groups is 1. The molecule has 0 aliphatic rings. The van der Waals surface area contributed by atoms with E-state index in [-0.39, 0.29) is 16.4 Å². The Morgan fingerprint density at radius 2 is 1.70 bits per heavy atom. The molecule has 196 valence electrons. The van der Waals surface area contributed by atoms with Gasteiger partial charge < -0.3 is 18.4 Å². The number of hydrogen-bond acceptors (Lipinski definition) is 8. The fourth-order valence-corrected chi connectivity index (χ4v) is 4.73. The van der Waals surface area contributed by atoms with Gasteiger partial charge in [-0.15, -0.1) is 0 Å². The summed E-state index contributed by atoms with van der Waals surface area (Å²) in [5.41, 5.74) is 4.22. The van der Waals surface area contributed by atoms with Crippen LogP contribution in [0, 0.1) is 6.92 Å². The van der Waals surface area contributed by atoms with Crippen LogP contribution in [0.1, 0.15) is 34.8 Å². The highest BCUT2D eigenvalue weighted by Crippen LogP contribution is 2.38. The zero-order valence-corrected chi connectivity index (χ0v) is 23.2. The van der Waals surface area contributed by atoms with Crippen LogP contribution in [0.4, 0.5) is 0 Å². The van der Waals surface area contributed by atoms with Gasteiger partial charge in [0.05, 0.1) is 31.5 Å². The molecule has 0 aliphatic heterocycles. The van der Waals surface area contributed by atoms with Gasteiger partial charge in [-0.05, 0) is 77.3 Å². The molecule has 0 saturated heterocycles. The summed E-state index contributed by atoms with van der Waals surface area (Å²) in [5.74, 6) is 0.682. The van der Waals surface area contributed by atoms with E-state index in [0.717, 1.165) is 12.0 Å². The molecule has 11 heteroatoms. The zero-order valence-electron chi connectivity index (χ0n) is 20.8. The Bertz CT molecular complexity index is 1390. The number of rotatable bonds is 11. The standard InChI is InChI=1S/C26H27BrN2O7S/c1-5-12-35-22-11-8-19(15-23(22)33-3)26(30)29-28-16-18-13-21(27)25(24(14-18)34-4)36-37(31,32)20-9-6-17(2)7-10-20/h6-11,13-16H,5,12H2,1-4H3,(H,29,30)/b28-16+.